The van der Waals surface area contributed by atoms with Gasteiger partial charge in [-0.15, -0.1) is 0 Å². The number of amides is 1. The van der Waals surface area contributed by atoms with Gasteiger partial charge < -0.3 is 20.3 Å². The molecule has 3 heterocycles. The highest BCUT2D eigenvalue weighted by Crippen LogP contribution is 2.36. The highest BCUT2D eigenvalue weighted by atomic mass is 19.1. The summed E-state index contributed by atoms with van der Waals surface area (Å²) in [4.78, 5) is 15.6. The Morgan fingerprint density at radius 1 is 1.00 bits per heavy atom. The first-order valence-corrected chi connectivity index (χ1v) is 12.5. The van der Waals surface area contributed by atoms with E-state index in [4.69, 9.17) is 4.74 Å². The van der Waals surface area contributed by atoms with Crippen molar-refractivity contribution < 1.29 is 18.3 Å². The van der Waals surface area contributed by atoms with E-state index in [1.807, 2.05) is 0 Å². The van der Waals surface area contributed by atoms with E-state index < -0.39 is 17.5 Å². The van der Waals surface area contributed by atoms with Crippen LogP contribution in [0, 0.1) is 11.6 Å². The SMILES string of the molecule is COc1c(NC(=O)c2c(F)cc(N3CCC(NC4CC4)CC3)c3cn(C)nc23)cc2cn(C)nc2c1F. The van der Waals surface area contributed by atoms with Crippen molar-refractivity contribution in [3.8, 4) is 5.75 Å². The molecule has 194 valence electrons. The lowest BCUT2D eigenvalue weighted by atomic mass is 10.0. The maximum atomic E-state index is 15.6. The van der Waals surface area contributed by atoms with Crippen LogP contribution in [0.25, 0.3) is 21.8 Å². The standard InChI is InChI=1S/C26H29F2N7O2/c1-33-12-14-10-19(25(37-3)22(28)23(14)31-33)30-26(36)21-18(27)11-20(17-13-34(2)32-24(17)21)35-8-6-16(7-9-35)29-15-4-5-15/h10-13,15-16,29H,4-9H2,1-3H3,(H,30,36). The molecule has 0 spiro atoms. The predicted molar refractivity (Wildman–Crippen MR) is 137 cm³/mol. The second-order valence-corrected chi connectivity index (χ2v) is 9.99. The van der Waals surface area contributed by atoms with E-state index in [0.29, 0.717) is 22.9 Å². The molecule has 2 N–H and O–H groups in total. The van der Waals surface area contributed by atoms with Gasteiger partial charge in [0.25, 0.3) is 5.91 Å². The summed E-state index contributed by atoms with van der Waals surface area (Å²) in [5.41, 5.74) is 0.996. The Morgan fingerprint density at radius 3 is 2.38 bits per heavy atom. The first kappa shape index (κ1) is 23.7. The molecule has 0 unspecified atom stereocenters. The summed E-state index contributed by atoms with van der Waals surface area (Å²) in [6.45, 7) is 1.59. The van der Waals surface area contributed by atoms with Gasteiger partial charge in [-0.1, -0.05) is 0 Å². The zero-order valence-electron chi connectivity index (χ0n) is 21.0. The average molecular weight is 510 g/mol. The number of carbonyl (C=O) groups excluding carboxylic acids is 1. The van der Waals surface area contributed by atoms with Crippen molar-refractivity contribution in [1.29, 1.82) is 0 Å². The van der Waals surface area contributed by atoms with Crippen LogP contribution in [0.2, 0.25) is 0 Å². The molecule has 0 radical (unpaired) electrons. The minimum Gasteiger partial charge on any atom is -0.491 e. The van der Waals surface area contributed by atoms with Crippen molar-refractivity contribution in [2.45, 2.75) is 37.8 Å². The van der Waals surface area contributed by atoms with Crippen LogP contribution in [0.1, 0.15) is 36.0 Å². The second kappa shape index (κ2) is 8.98. The van der Waals surface area contributed by atoms with E-state index in [1.165, 1.54) is 30.7 Å². The highest BCUT2D eigenvalue weighted by molar-refractivity contribution is 6.15. The Bertz CT molecular complexity index is 1520. The number of methoxy groups -OCH3 is 1. The van der Waals surface area contributed by atoms with E-state index >= 15 is 8.78 Å². The maximum absolute atomic E-state index is 15.6. The normalized spacial score (nSPS) is 16.6. The van der Waals surface area contributed by atoms with Crippen LogP contribution in [0.15, 0.2) is 24.5 Å². The van der Waals surface area contributed by atoms with Gasteiger partial charge in [0.05, 0.1) is 18.5 Å². The first-order valence-electron chi connectivity index (χ1n) is 12.5. The van der Waals surface area contributed by atoms with Gasteiger partial charge >= 0.3 is 0 Å². The summed E-state index contributed by atoms with van der Waals surface area (Å²) in [6.07, 6.45) is 7.88. The largest absolute Gasteiger partial charge is 0.491 e. The van der Waals surface area contributed by atoms with Crippen LogP contribution >= 0.6 is 0 Å². The molecule has 9 nitrogen and oxygen atoms in total. The van der Waals surface area contributed by atoms with Crippen LogP contribution in [-0.2, 0) is 14.1 Å². The molecule has 37 heavy (non-hydrogen) atoms. The molecule has 4 aromatic rings. The van der Waals surface area contributed by atoms with Crippen molar-refractivity contribution in [1.82, 2.24) is 24.9 Å². The summed E-state index contributed by atoms with van der Waals surface area (Å²) in [7, 11) is 4.72. The third-order valence-corrected chi connectivity index (χ3v) is 7.22. The molecule has 0 atom stereocenters. The number of aromatic nitrogens is 4. The van der Waals surface area contributed by atoms with Crippen LogP contribution in [0.4, 0.5) is 20.2 Å². The molecule has 0 bridgehead atoms. The smallest absolute Gasteiger partial charge is 0.261 e. The fourth-order valence-corrected chi connectivity index (χ4v) is 5.30. The summed E-state index contributed by atoms with van der Waals surface area (Å²) >= 11 is 0. The molecule has 2 aromatic heterocycles. The van der Waals surface area contributed by atoms with Gasteiger partial charge in [-0.3, -0.25) is 14.2 Å². The number of carbonyl (C=O) groups is 1. The Kier molecular flexibility index (Phi) is 5.74. The molecular weight excluding hydrogens is 480 g/mol. The van der Waals surface area contributed by atoms with Gasteiger partial charge in [-0.25, -0.2) is 8.78 Å². The fraction of sp³-hybridized carbons (Fsp3) is 0.423. The Labute approximate surface area is 212 Å². The topological polar surface area (TPSA) is 89.2 Å². The van der Waals surface area contributed by atoms with Crippen molar-refractivity contribution in [2.75, 3.05) is 30.4 Å². The van der Waals surface area contributed by atoms with Crippen LogP contribution in [-0.4, -0.2) is 57.8 Å². The van der Waals surface area contributed by atoms with Crippen molar-refractivity contribution in [2.24, 2.45) is 14.1 Å². The van der Waals surface area contributed by atoms with Gasteiger partial charge in [0, 0.05) is 62.4 Å². The number of nitrogens with one attached hydrogen (secondary N) is 2. The third kappa shape index (κ3) is 4.26. The van der Waals surface area contributed by atoms with Crippen molar-refractivity contribution >= 4 is 39.1 Å². The van der Waals surface area contributed by atoms with E-state index in [1.54, 1.807) is 37.2 Å². The summed E-state index contributed by atoms with van der Waals surface area (Å²) in [5.74, 6) is -2.29. The summed E-state index contributed by atoms with van der Waals surface area (Å²) < 4.78 is 38.9. The lowest BCUT2D eigenvalue weighted by molar-refractivity contribution is 0.102. The van der Waals surface area contributed by atoms with Gasteiger partial charge in [-0.2, -0.15) is 10.2 Å². The van der Waals surface area contributed by atoms with Gasteiger partial charge in [0.15, 0.2) is 11.6 Å². The van der Waals surface area contributed by atoms with Crippen LogP contribution in [0.3, 0.4) is 0 Å². The summed E-state index contributed by atoms with van der Waals surface area (Å²) in [6, 6.07) is 4.11. The molecule has 1 aliphatic heterocycles. The second-order valence-electron chi connectivity index (χ2n) is 9.99. The summed E-state index contributed by atoms with van der Waals surface area (Å²) in [5, 5.41) is 16.0. The Hall–Kier alpha value is -3.73. The molecule has 6 rings (SSSR count). The number of hydrogen-bond acceptors (Lipinski definition) is 6. The lowest BCUT2D eigenvalue weighted by Crippen LogP contribution is -2.43. The Morgan fingerprint density at radius 2 is 1.68 bits per heavy atom. The zero-order chi connectivity index (χ0) is 25.8. The number of fused-ring (bicyclic) bond motifs is 2. The van der Waals surface area contributed by atoms with Crippen LogP contribution in [0.5, 0.6) is 5.75 Å². The van der Waals surface area contributed by atoms with E-state index in [-0.39, 0.29) is 28.0 Å². The number of piperidine rings is 1. The Balaban J connectivity index is 1.33. The molecule has 2 aromatic carbocycles. The minimum absolute atomic E-state index is 0.0864. The van der Waals surface area contributed by atoms with Crippen LogP contribution < -0.4 is 20.3 Å². The number of halogens is 2. The fourth-order valence-electron chi connectivity index (χ4n) is 5.30. The van der Waals surface area contributed by atoms with E-state index in [0.717, 1.165) is 31.6 Å². The minimum atomic E-state index is -0.735. The molecule has 11 heteroatoms. The average Bonchev–Trinajstić information content (AvgIpc) is 3.47. The zero-order valence-corrected chi connectivity index (χ0v) is 21.0. The number of rotatable bonds is 6. The lowest BCUT2D eigenvalue weighted by Gasteiger charge is -2.34. The maximum Gasteiger partial charge on any atom is 0.261 e. The van der Waals surface area contributed by atoms with E-state index in [9.17, 15) is 4.79 Å². The predicted octanol–water partition coefficient (Wildman–Crippen LogP) is 3.72. The molecule has 1 amide bonds. The number of hydrogen-bond donors (Lipinski definition) is 2. The number of aryl methyl sites for hydroxylation is 2. The van der Waals surface area contributed by atoms with E-state index in [2.05, 4.69) is 25.7 Å². The molecule has 1 aliphatic carbocycles. The van der Waals surface area contributed by atoms with Crippen molar-refractivity contribution in [3.63, 3.8) is 0 Å². The van der Waals surface area contributed by atoms with Crippen molar-refractivity contribution in [3.05, 3.63) is 41.7 Å². The molecule has 1 saturated heterocycles. The molecule has 2 aliphatic rings. The van der Waals surface area contributed by atoms with Gasteiger partial charge in [-0.05, 0) is 37.8 Å². The number of ether oxygens (including phenoxy) is 1. The monoisotopic (exact) mass is 509 g/mol. The molecule has 2 fully saturated rings. The highest BCUT2D eigenvalue weighted by Gasteiger charge is 2.30. The third-order valence-electron chi connectivity index (χ3n) is 7.22. The quantitative estimate of drug-likeness (QED) is 0.412. The number of nitrogens with zero attached hydrogens (tertiary/aromatic N) is 5. The number of benzene rings is 2. The molecule has 1 saturated carbocycles. The number of anilines is 2. The van der Waals surface area contributed by atoms with Gasteiger partial charge in [0.1, 0.15) is 22.4 Å². The first-order chi connectivity index (χ1) is 17.8. The van der Waals surface area contributed by atoms with Gasteiger partial charge in [0.2, 0.25) is 0 Å². The molecular formula is C26H29F2N7O2.